The average molecular weight is 121 g/mol. The van der Waals surface area contributed by atoms with Gasteiger partial charge in [-0.2, -0.15) is 0 Å². The summed E-state index contributed by atoms with van der Waals surface area (Å²) in [6, 6.07) is 0. The zero-order valence-corrected chi connectivity index (χ0v) is 5.83. The van der Waals surface area contributed by atoms with Crippen molar-refractivity contribution in [3.05, 3.63) is 0 Å². The Morgan fingerprint density at radius 1 is 1.43 bits per heavy atom. The van der Waals surface area contributed by atoms with Gasteiger partial charge < -0.3 is 0 Å². The lowest BCUT2D eigenvalue weighted by molar-refractivity contribution is 0.578. The molecule has 0 aliphatic carbocycles. The normalized spacial score (nSPS) is 10.3. The van der Waals surface area contributed by atoms with E-state index in [1.807, 2.05) is 0 Å². The molecule has 0 saturated carbocycles. The van der Waals surface area contributed by atoms with E-state index in [-0.39, 0.29) is 0 Å². The van der Waals surface area contributed by atoms with Crippen LogP contribution in [0.3, 0.4) is 0 Å². The fraction of sp³-hybridized carbons (Fsp3) is 1.00. The minimum atomic E-state index is 0.818. The summed E-state index contributed by atoms with van der Waals surface area (Å²) in [5.74, 6) is 1.64. The minimum absolute atomic E-state index is 0.818. The van der Waals surface area contributed by atoms with E-state index in [4.69, 9.17) is 11.6 Å². The van der Waals surface area contributed by atoms with Crippen molar-refractivity contribution in [2.75, 3.05) is 5.88 Å². The fourth-order valence-electron chi connectivity index (χ4n) is 0.485. The SMILES string of the molecule is CC(C)CCCCl. The summed E-state index contributed by atoms with van der Waals surface area (Å²) in [6.07, 6.45) is 2.43. The van der Waals surface area contributed by atoms with Gasteiger partial charge in [0.2, 0.25) is 0 Å². The van der Waals surface area contributed by atoms with E-state index < -0.39 is 0 Å². The zero-order valence-electron chi connectivity index (χ0n) is 5.08. The first kappa shape index (κ1) is 7.29. The number of rotatable bonds is 3. The molecule has 44 valence electrons. The summed E-state index contributed by atoms with van der Waals surface area (Å²) in [5, 5.41) is 0. The summed E-state index contributed by atoms with van der Waals surface area (Å²) in [4.78, 5) is 0. The predicted molar refractivity (Wildman–Crippen MR) is 34.8 cm³/mol. The Labute approximate surface area is 50.9 Å². The summed E-state index contributed by atoms with van der Waals surface area (Å²) < 4.78 is 0. The van der Waals surface area contributed by atoms with Crippen LogP contribution in [0.1, 0.15) is 26.7 Å². The van der Waals surface area contributed by atoms with Gasteiger partial charge in [-0.3, -0.25) is 0 Å². The Morgan fingerprint density at radius 3 is 2.14 bits per heavy atom. The third-order valence-corrected chi connectivity index (χ3v) is 1.18. The molecule has 0 aromatic carbocycles. The second-order valence-electron chi connectivity index (χ2n) is 2.23. The lowest BCUT2D eigenvalue weighted by Gasteiger charge is -1.98. The molecule has 7 heavy (non-hydrogen) atoms. The number of halogens is 1. The Morgan fingerprint density at radius 2 is 2.00 bits per heavy atom. The van der Waals surface area contributed by atoms with Crippen molar-refractivity contribution in [3.8, 4) is 0 Å². The molecule has 0 rings (SSSR count). The summed E-state index contributed by atoms with van der Waals surface area (Å²) >= 11 is 5.45. The predicted octanol–water partition coefficient (Wildman–Crippen LogP) is 2.66. The number of hydrogen-bond acceptors (Lipinski definition) is 0. The molecule has 0 heterocycles. The lowest BCUT2D eigenvalue weighted by Crippen LogP contribution is -1.85. The minimum Gasteiger partial charge on any atom is -0.127 e. The van der Waals surface area contributed by atoms with Crippen molar-refractivity contribution in [3.63, 3.8) is 0 Å². The van der Waals surface area contributed by atoms with Crippen LogP contribution < -0.4 is 0 Å². The molecule has 0 fully saturated rings. The third kappa shape index (κ3) is 6.29. The molecule has 0 spiro atoms. The van der Waals surface area contributed by atoms with Crippen LogP contribution >= 0.6 is 11.6 Å². The van der Waals surface area contributed by atoms with Gasteiger partial charge in [0.05, 0.1) is 0 Å². The standard InChI is InChI=1S/C6H13Cl/c1-6(2)4-3-5-7/h6H,3-5H2,1-2H3. The van der Waals surface area contributed by atoms with Crippen molar-refractivity contribution in [2.24, 2.45) is 5.92 Å². The Hall–Kier alpha value is 0.290. The van der Waals surface area contributed by atoms with Crippen LogP contribution in [-0.4, -0.2) is 5.88 Å². The molecule has 0 unspecified atom stereocenters. The average Bonchev–Trinajstić information content (AvgIpc) is 1.61. The molecule has 0 bridgehead atoms. The quantitative estimate of drug-likeness (QED) is 0.503. The van der Waals surface area contributed by atoms with Gasteiger partial charge in [-0.15, -0.1) is 11.6 Å². The van der Waals surface area contributed by atoms with Gasteiger partial charge >= 0.3 is 0 Å². The first-order chi connectivity index (χ1) is 3.27. The lowest BCUT2D eigenvalue weighted by atomic mass is 10.1. The first-order valence-corrected chi connectivity index (χ1v) is 3.36. The molecule has 0 aromatic heterocycles. The molecule has 0 atom stereocenters. The maximum Gasteiger partial charge on any atom is 0.0223 e. The number of hydrogen-bond donors (Lipinski definition) is 0. The van der Waals surface area contributed by atoms with Gasteiger partial charge in [0, 0.05) is 5.88 Å². The highest BCUT2D eigenvalue weighted by molar-refractivity contribution is 6.17. The van der Waals surface area contributed by atoms with E-state index in [0.717, 1.165) is 11.8 Å². The van der Waals surface area contributed by atoms with Crippen LogP contribution in [0.15, 0.2) is 0 Å². The zero-order chi connectivity index (χ0) is 5.70. The Balaban J connectivity index is 2.68. The summed E-state index contributed by atoms with van der Waals surface area (Å²) in [7, 11) is 0. The van der Waals surface area contributed by atoms with Gasteiger partial charge in [0.25, 0.3) is 0 Å². The molecular formula is C6H13Cl. The monoisotopic (exact) mass is 120 g/mol. The smallest absolute Gasteiger partial charge is 0.0223 e. The highest BCUT2D eigenvalue weighted by Crippen LogP contribution is 2.03. The van der Waals surface area contributed by atoms with Gasteiger partial charge in [-0.25, -0.2) is 0 Å². The van der Waals surface area contributed by atoms with E-state index >= 15 is 0 Å². The summed E-state index contributed by atoms with van der Waals surface area (Å²) in [6.45, 7) is 4.43. The second kappa shape index (κ2) is 4.45. The molecule has 0 aliphatic rings. The molecule has 0 aliphatic heterocycles. The Bertz CT molecular complexity index is 33.2. The van der Waals surface area contributed by atoms with E-state index in [9.17, 15) is 0 Å². The van der Waals surface area contributed by atoms with Crippen molar-refractivity contribution < 1.29 is 0 Å². The highest BCUT2D eigenvalue weighted by atomic mass is 35.5. The molecule has 0 aromatic rings. The fourth-order valence-corrected chi connectivity index (χ4v) is 0.640. The third-order valence-electron chi connectivity index (χ3n) is 0.915. The van der Waals surface area contributed by atoms with Crippen molar-refractivity contribution in [1.82, 2.24) is 0 Å². The van der Waals surface area contributed by atoms with Gasteiger partial charge in [0.15, 0.2) is 0 Å². The van der Waals surface area contributed by atoms with Crippen molar-refractivity contribution >= 4 is 11.6 Å². The van der Waals surface area contributed by atoms with Gasteiger partial charge in [-0.1, -0.05) is 13.8 Å². The molecule has 0 amide bonds. The van der Waals surface area contributed by atoms with Crippen LogP contribution in [0, 0.1) is 5.92 Å². The molecule has 0 N–H and O–H groups in total. The highest BCUT2D eigenvalue weighted by Gasteiger charge is 1.89. The number of alkyl halides is 1. The van der Waals surface area contributed by atoms with E-state index in [1.165, 1.54) is 12.8 Å². The van der Waals surface area contributed by atoms with Crippen molar-refractivity contribution in [1.29, 1.82) is 0 Å². The molecule has 0 saturated heterocycles. The Kier molecular flexibility index (Phi) is 4.63. The van der Waals surface area contributed by atoms with Crippen LogP contribution in [0.4, 0.5) is 0 Å². The molecule has 0 radical (unpaired) electrons. The second-order valence-corrected chi connectivity index (χ2v) is 2.60. The van der Waals surface area contributed by atoms with Crippen LogP contribution in [-0.2, 0) is 0 Å². The maximum atomic E-state index is 5.45. The van der Waals surface area contributed by atoms with Gasteiger partial charge in [0.1, 0.15) is 0 Å². The van der Waals surface area contributed by atoms with Crippen LogP contribution in [0.25, 0.3) is 0 Å². The van der Waals surface area contributed by atoms with Crippen molar-refractivity contribution in [2.45, 2.75) is 26.7 Å². The largest absolute Gasteiger partial charge is 0.127 e. The van der Waals surface area contributed by atoms with E-state index in [1.54, 1.807) is 0 Å². The van der Waals surface area contributed by atoms with E-state index in [0.29, 0.717) is 0 Å². The first-order valence-electron chi connectivity index (χ1n) is 2.83. The topological polar surface area (TPSA) is 0 Å². The van der Waals surface area contributed by atoms with Gasteiger partial charge in [-0.05, 0) is 18.8 Å². The van der Waals surface area contributed by atoms with Crippen LogP contribution in [0.5, 0.6) is 0 Å². The van der Waals surface area contributed by atoms with E-state index in [2.05, 4.69) is 13.8 Å². The maximum absolute atomic E-state index is 5.45. The molecule has 0 nitrogen and oxygen atoms in total. The molecule has 1 heteroatoms. The molecular weight excluding hydrogens is 108 g/mol. The summed E-state index contributed by atoms with van der Waals surface area (Å²) in [5.41, 5.74) is 0. The van der Waals surface area contributed by atoms with Crippen LogP contribution in [0.2, 0.25) is 0 Å².